The van der Waals surface area contributed by atoms with Crippen molar-refractivity contribution in [2.24, 2.45) is 0 Å². The lowest BCUT2D eigenvalue weighted by Crippen LogP contribution is -2.01. The van der Waals surface area contributed by atoms with Crippen LogP contribution < -0.4 is 0 Å². The van der Waals surface area contributed by atoms with Gasteiger partial charge >= 0.3 is 0 Å². The van der Waals surface area contributed by atoms with Crippen molar-refractivity contribution >= 4 is 58.3 Å². The summed E-state index contributed by atoms with van der Waals surface area (Å²) in [5.74, 6) is 0. The van der Waals surface area contributed by atoms with Crippen LogP contribution in [0, 0.1) is 0 Å². The van der Waals surface area contributed by atoms with Gasteiger partial charge in [0.15, 0.2) is 0 Å². The van der Waals surface area contributed by atoms with Crippen LogP contribution in [0.1, 0.15) is 0 Å². The first-order valence-electron chi connectivity index (χ1n) is 2.15. The molecule has 0 unspecified atom stereocenters. The molecule has 0 amide bonds. The summed E-state index contributed by atoms with van der Waals surface area (Å²) in [4.78, 5) is 0. The van der Waals surface area contributed by atoms with Crippen LogP contribution in [-0.2, 0) is 62.4 Å². The van der Waals surface area contributed by atoms with Gasteiger partial charge < -0.3 is 0 Å². The van der Waals surface area contributed by atoms with E-state index in [-0.39, 0.29) is 0 Å². The van der Waals surface area contributed by atoms with Crippen LogP contribution in [0.4, 0.5) is 0 Å². The van der Waals surface area contributed by atoms with E-state index in [0.717, 1.165) is 0 Å². The predicted molar refractivity (Wildman–Crippen MR) is 61.7 cm³/mol. The van der Waals surface area contributed by atoms with Gasteiger partial charge in [-0.3, -0.25) is 4.18 Å². The van der Waals surface area contributed by atoms with E-state index < -0.39 is 13.5 Å². The zero-order valence-electron chi connectivity index (χ0n) is 4.89. The van der Waals surface area contributed by atoms with Crippen molar-refractivity contribution in [3.05, 3.63) is 12.7 Å². The standard InChI is InChI=1S/C3H6OS6/c1-2-3-4-10(7,8)9(5)6/h2,9H,1,3H2. The van der Waals surface area contributed by atoms with Crippen molar-refractivity contribution in [2.45, 2.75) is 0 Å². The van der Waals surface area contributed by atoms with Crippen LogP contribution in [0.3, 0.4) is 0 Å². The number of thiol groups is 1. The van der Waals surface area contributed by atoms with Crippen LogP contribution in [0.15, 0.2) is 12.7 Å². The summed E-state index contributed by atoms with van der Waals surface area (Å²) in [6.07, 6.45) is 1.59. The molecule has 60 valence electrons. The number of hydrogen-bond donors (Lipinski definition) is 1. The Kier molecular flexibility index (Phi) is 5.66. The third-order valence-corrected chi connectivity index (χ3v) is 13.2. The van der Waals surface area contributed by atoms with Crippen molar-refractivity contribution in [1.82, 2.24) is 0 Å². The van der Waals surface area contributed by atoms with Gasteiger partial charge in [0.2, 0.25) is 0 Å². The van der Waals surface area contributed by atoms with Gasteiger partial charge in [-0.1, -0.05) is 6.08 Å². The molecule has 10 heavy (non-hydrogen) atoms. The zero-order valence-corrected chi connectivity index (χ0v) is 9.87. The van der Waals surface area contributed by atoms with Crippen molar-refractivity contribution in [1.29, 1.82) is 0 Å². The minimum absolute atomic E-state index is 0.356. The van der Waals surface area contributed by atoms with Gasteiger partial charge in [-0.2, -0.15) is 0 Å². The maximum Gasteiger partial charge on any atom is 0.0807 e. The van der Waals surface area contributed by atoms with E-state index in [1.807, 2.05) is 0 Å². The van der Waals surface area contributed by atoms with Crippen LogP contribution in [0.25, 0.3) is 0 Å². The highest BCUT2D eigenvalue weighted by molar-refractivity contribution is 9.03. The topological polar surface area (TPSA) is 9.23 Å². The van der Waals surface area contributed by atoms with Gasteiger partial charge in [-0.05, 0) is 51.8 Å². The molecule has 0 fully saturated rings. The van der Waals surface area contributed by atoms with Crippen molar-refractivity contribution < 1.29 is 4.18 Å². The smallest absolute Gasteiger partial charge is 0.0807 e. The zero-order chi connectivity index (χ0) is 8.20. The van der Waals surface area contributed by atoms with E-state index in [0.29, 0.717) is 6.61 Å². The first-order valence-corrected chi connectivity index (χ1v) is 9.53. The molecule has 0 saturated carbocycles. The Bertz CT molecular complexity index is 261. The van der Waals surface area contributed by atoms with E-state index in [1.54, 1.807) is 6.08 Å². The van der Waals surface area contributed by atoms with Gasteiger partial charge in [0.25, 0.3) is 0 Å². The van der Waals surface area contributed by atoms with Crippen molar-refractivity contribution in [2.75, 3.05) is 6.61 Å². The molecule has 0 aliphatic heterocycles. The lowest BCUT2D eigenvalue weighted by atomic mass is 10.7. The van der Waals surface area contributed by atoms with E-state index in [4.69, 9.17) is 48.9 Å². The molecule has 0 heterocycles. The summed E-state index contributed by atoms with van der Waals surface area (Å²) in [5, 5.41) is 0. The van der Waals surface area contributed by atoms with E-state index >= 15 is 0 Å². The third-order valence-electron chi connectivity index (χ3n) is 0.517. The molecule has 0 aromatic heterocycles. The van der Waals surface area contributed by atoms with Crippen LogP contribution in [-0.4, -0.2) is 6.61 Å². The van der Waals surface area contributed by atoms with Gasteiger partial charge in [0.1, 0.15) is 0 Å². The molecule has 0 aromatic carbocycles. The van der Waals surface area contributed by atoms with Gasteiger partial charge in [0.05, 0.1) is 13.1 Å². The summed E-state index contributed by atoms with van der Waals surface area (Å²) in [6, 6.07) is 0. The lowest BCUT2D eigenvalue weighted by molar-refractivity contribution is 0.430. The molecule has 0 rings (SSSR count). The third kappa shape index (κ3) is 4.22. The molecule has 1 nitrogen and oxygen atoms in total. The summed E-state index contributed by atoms with van der Waals surface area (Å²) < 4.78 is 5.06. The van der Waals surface area contributed by atoms with E-state index in [2.05, 4.69) is 6.58 Å². The van der Waals surface area contributed by atoms with Gasteiger partial charge in [-0.15, -0.1) is 6.58 Å². The molecular formula is C3H6OS6. The molecule has 0 aliphatic rings. The molecule has 7 heteroatoms. The predicted octanol–water partition coefficient (Wildman–Crippen LogP) is 0.371. The van der Waals surface area contributed by atoms with E-state index in [1.165, 1.54) is 0 Å². The molecule has 0 saturated heterocycles. The molecule has 0 aliphatic carbocycles. The molecule has 0 radical (unpaired) electrons. The average Bonchev–Trinajstić information content (AvgIpc) is 1.84. The van der Waals surface area contributed by atoms with Crippen LogP contribution in [0.5, 0.6) is 0 Å². The normalized spacial score (nSPS) is 11.7. The lowest BCUT2D eigenvalue weighted by Gasteiger charge is -2.02. The highest BCUT2D eigenvalue weighted by atomic mass is 33.7. The minimum Gasteiger partial charge on any atom is -0.298 e. The molecule has 0 aromatic rings. The Morgan fingerprint density at radius 1 is 1.50 bits per heavy atom. The maximum atomic E-state index is 5.06. The maximum absolute atomic E-state index is 5.06. The Labute approximate surface area is 81.1 Å². The Morgan fingerprint density at radius 2 is 2.00 bits per heavy atom. The van der Waals surface area contributed by atoms with Crippen molar-refractivity contribution in [3.63, 3.8) is 0 Å². The second kappa shape index (κ2) is 5.02. The Balaban J connectivity index is 4.30. The van der Waals surface area contributed by atoms with Crippen LogP contribution >= 0.6 is 0 Å². The van der Waals surface area contributed by atoms with Crippen LogP contribution in [0.2, 0.25) is 0 Å². The minimum atomic E-state index is -1.97. The monoisotopic (exact) mass is 250 g/mol. The molecular weight excluding hydrogens is 244 g/mol. The first-order chi connectivity index (χ1) is 4.50. The van der Waals surface area contributed by atoms with E-state index in [9.17, 15) is 0 Å². The highest BCUT2D eigenvalue weighted by Crippen LogP contribution is 1.95. The fraction of sp³-hybridized carbons (Fsp3) is 0.333. The second-order valence-corrected chi connectivity index (χ2v) is 14.6. The SMILES string of the molecule is C=CCOS(=S)(=S)[SH](=S)=S. The number of hydrogen-bond acceptors (Lipinski definition) is 5. The molecule has 0 spiro atoms. The number of rotatable bonds is 4. The highest BCUT2D eigenvalue weighted by Gasteiger charge is 1.95. The van der Waals surface area contributed by atoms with Gasteiger partial charge in [-0.25, -0.2) is 0 Å². The summed E-state index contributed by atoms with van der Waals surface area (Å²) >= 11 is 19.3. The second-order valence-electron chi connectivity index (χ2n) is 1.22. The largest absolute Gasteiger partial charge is 0.298 e. The van der Waals surface area contributed by atoms with Gasteiger partial charge in [0, 0.05) is 0 Å². The molecule has 0 bridgehead atoms. The Morgan fingerprint density at radius 3 is 2.30 bits per heavy atom. The fourth-order valence-corrected chi connectivity index (χ4v) is 2.08. The summed E-state index contributed by atoms with van der Waals surface area (Å²) in [7, 11) is -1.15. The molecule has 0 atom stereocenters. The Hall–Kier alpha value is 1.28. The van der Waals surface area contributed by atoms with Crippen molar-refractivity contribution in [3.8, 4) is 0 Å². The average molecular weight is 250 g/mol. The summed E-state index contributed by atoms with van der Waals surface area (Å²) in [6.45, 7) is 1.84. The first kappa shape index (κ1) is 11.3. The quantitative estimate of drug-likeness (QED) is 0.437. The molecule has 0 N–H and O–H groups in total. The fourth-order valence-electron chi connectivity index (χ4n) is 0.177. The summed E-state index contributed by atoms with van der Waals surface area (Å²) in [5.41, 5.74) is 0.